The molecule has 0 aliphatic heterocycles. The molecule has 1 heterocycles. The van der Waals surface area contributed by atoms with Crippen LogP contribution in [0.1, 0.15) is 35.3 Å². The van der Waals surface area contributed by atoms with Gasteiger partial charge in [0, 0.05) is 32.9 Å². The van der Waals surface area contributed by atoms with Crippen molar-refractivity contribution in [3.8, 4) is 0 Å². The Bertz CT molecular complexity index is 672. The molecule has 7 heteroatoms. The Morgan fingerprint density at radius 3 is 2.81 bits per heavy atom. The van der Waals surface area contributed by atoms with E-state index in [0.29, 0.717) is 10.0 Å². The van der Waals surface area contributed by atoms with Crippen molar-refractivity contribution < 1.29 is 4.92 Å². The zero-order valence-electron chi connectivity index (χ0n) is 12.0. The Morgan fingerprint density at radius 2 is 2.24 bits per heavy atom. The number of anilines is 1. The van der Waals surface area contributed by atoms with Gasteiger partial charge in [-0.25, -0.2) is 4.98 Å². The molecule has 2 aromatic rings. The number of thiazole rings is 1. The summed E-state index contributed by atoms with van der Waals surface area (Å²) in [6, 6.07) is 3.36. The molecule has 1 unspecified atom stereocenters. The first kappa shape index (κ1) is 15.9. The van der Waals surface area contributed by atoms with Crippen LogP contribution in [0.4, 0.5) is 11.4 Å². The van der Waals surface area contributed by atoms with Gasteiger partial charge < -0.3 is 5.32 Å². The minimum atomic E-state index is -0.373. The fraction of sp³-hybridized carbons (Fsp3) is 0.357. The van der Waals surface area contributed by atoms with Crippen LogP contribution in [0.3, 0.4) is 0 Å². The van der Waals surface area contributed by atoms with Crippen LogP contribution in [-0.2, 0) is 6.42 Å². The topological polar surface area (TPSA) is 68.1 Å². The summed E-state index contributed by atoms with van der Waals surface area (Å²) >= 11 is 5.07. The molecule has 5 nitrogen and oxygen atoms in total. The van der Waals surface area contributed by atoms with Crippen molar-refractivity contribution in [2.45, 2.75) is 33.2 Å². The first-order valence-corrected chi connectivity index (χ1v) is 8.19. The summed E-state index contributed by atoms with van der Waals surface area (Å²) in [4.78, 5) is 16.2. The van der Waals surface area contributed by atoms with Gasteiger partial charge in [0.15, 0.2) is 0 Å². The summed E-state index contributed by atoms with van der Waals surface area (Å²) in [7, 11) is 0. The van der Waals surface area contributed by atoms with Crippen molar-refractivity contribution in [3.05, 3.63) is 48.4 Å². The molecule has 1 N–H and O–H groups in total. The van der Waals surface area contributed by atoms with Gasteiger partial charge in [-0.05, 0) is 42.3 Å². The van der Waals surface area contributed by atoms with Gasteiger partial charge in [-0.2, -0.15) is 0 Å². The summed E-state index contributed by atoms with van der Waals surface area (Å²) in [5.74, 6) is 0. The number of aromatic nitrogens is 1. The van der Waals surface area contributed by atoms with Gasteiger partial charge in [-0.15, -0.1) is 11.3 Å². The third kappa shape index (κ3) is 3.59. The van der Waals surface area contributed by atoms with Crippen LogP contribution in [0.25, 0.3) is 0 Å². The first-order chi connectivity index (χ1) is 9.92. The van der Waals surface area contributed by atoms with Gasteiger partial charge in [0.05, 0.1) is 11.0 Å². The monoisotopic (exact) mass is 369 g/mol. The molecule has 0 aliphatic carbocycles. The van der Waals surface area contributed by atoms with Crippen molar-refractivity contribution >= 4 is 38.6 Å². The molecule has 0 saturated carbocycles. The van der Waals surface area contributed by atoms with Crippen molar-refractivity contribution in [1.82, 2.24) is 4.98 Å². The molecule has 0 spiro atoms. The second-order valence-electron chi connectivity index (χ2n) is 4.76. The predicted octanol–water partition coefficient (Wildman–Crippen LogP) is 4.86. The van der Waals surface area contributed by atoms with Crippen molar-refractivity contribution in [2.24, 2.45) is 0 Å². The predicted molar refractivity (Wildman–Crippen MR) is 89.1 cm³/mol. The van der Waals surface area contributed by atoms with Gasteiger partial charge in [-0.1, -0.05) is 6.92 Å². The Morgan fingerprint density at radius 1 is 1.52 bits per heavy atom. The lowest BCUT2D eigenvalue weighted by Gasteiger charge is -2.15. The third-order valence-corrected chi connectivity index (χ3v) is 5.13. The number of rotatable bonds is 5. The van der Waals surface area contributed by atoms with E-state index in [0.717, 1.165) is 17.1 Å². The van der Waals surface area contributed by atoms with Gasteiger partial charge in [0.2, 0.25) is 0 Å². The average molecular weight is 370 g/mol. The smallest absolute Gasteiger partial charge is 0.273 e. The molecular weight excluding hydrogens is 354 g/mol. The average Bonchev–Trinajstić information content (AvgIpc) is 2.91. The van der Waals surface area contributed by atoms with E-state index < -0.39 is 0 Å². The van der Waals surface area contributed by atoms with Crippen LogP contribution in [0, 0.1) is 17.0 Å². The van der Waals surface area contributed by atoms with Gasteiger partial charge in [0.1, 0.15) is 5.01 Å². The number of nitrogens with zero attached hydrogens (tertiary/aromatic N) is 2. The van der Waals surface area contributed by atoms with Crippen LogP contribution in [0.2, 0.25) is 0 Å². The first-order valence-electron chi connectivity index (χ1n) is 6.58. The fourth-order valence-electron chi connectivity index (χ4n) is 1.96. The van der Waals surface area contributed by atoms with Crippen LogP contribution in [0.5, 0.6) is 0 Å². The molecule has 2 rings (SSSR count). The maximum Gasteiger partial charge on any atom is 0.273 e. The number of nitrogens with one attached hydrogen (secondary N) is 1. The highest BCUT2D eigenvalue weighted by Crippen LogP contribution is 2.33. The number of halogens is 1. The summed E-state index contributed by atoms with van der Waals surface area (Å²) in [6.07, 6.45) is 2.87. The van der Waals surface area contributed by atoms with E-state index in [-0.39, 0.29) is 16.7 Å². The second-order valence-corrected chi connectivity index (χ2v) is 6.76. The maximum atomic E-state index is 10.9. The van der Waals surface area contributed by atoms with E-state index >= 15 is 0 Å². The summed E-state index contributed by atoms with van der Waals surface area (Å²) in [5.41, 5.74) is 1.58. The lowest BCUT2D eigenvalue weighted by Crippen LogP contribution is -2.07. The number of benzene rings is 1. The molecule has 0 amide bonds. The van der Waals surface area contributed by atoms with Gasteiger partial charge in [-0.3, -0.25) is 10.1 Å². The van der Waals surface area contributed by atoms with Crippen molar-refractivity contribution in [1.29, 1.82) is 0 Å². The highest BCUT2D eigenvalue weighted by Gasteiger charge is 2.16. The molecule has 0 radical (unpaired) electrons. The number of hydrogen-bond donors (Lipinski definition) is 1. The van der Waals surface area contributed by atoms with E-state index in [4.69, 9.17) is 0 Å². The zero-order chi connectivity index (χ0) is 15.6. The third-order valence-electron chi connectivity index (χ3n) is 3.14. The highest BCUT2D eigenvalue weighted by molar-refractivity contribution is 9.10. The number of nitro benzene ring substituents is 1. The fourth-order valence-corrected chi connectivity index (χ4v) is 3.26. The molecule has 0 aliphatic rings. The quantitative estimate of drug-likeness (QED) is 0.603. The molecule has 1 aromatic heterocycles. The van der Waals surface area contributed by atoms with E-state index in [2.05, 4.69) is 33.2 Å². The van der Waals surface area contributed by atoms with E-state index in [1.54, 1.807) is 24.3 Å². The second kappa shape index (κ2) is 6.53. The van der Waals surface area contributed by atoms with Gasteiger partial charge in [0.25, 0.3) is 5.69 Å². The van der Waals surface area contributed by atoms with Crippen LogP contribution < -0.4 is 5.32 Å². The van der Waals surface area contributed by atoms with E-state index in [1.807, 2.05) is 13.1 Å². The van der Waals surface area contributed by atoms with Crippen LogP contribution >= 0.6 is 27.3 Å². The maximum absolute atomic E-state index is 10.9. The van der Waals surface area contributed by atoms with E-state index in [9.17, 15) is 10.1 Å². The Balaban J connectivity index is 2.23. The van der Waals surface area contributed by atoms with Crippen LogP contribution in [-0.4, -0.2) is 9.91 Å². The largest absolute Gasteiger partial charge is 0.375 e. The number of nitro groups is 1. The summed E-state index contributed by atoms with van der Waals surface area (Å²) in [5, 5.41) is 15.3. The Kier molecular flexibility index (Phi) is 4.95. The van der Waals surface area contributed by atoms with Crippen LogP contribution in [0.15, 0.2) is 22.8 Å². The lowest BCUT2D eigenvalue weighted by molar-refractivity contribution is -0.385. The molecule has 0 fully saturated rings. The minimum Gasteiger partial charge on any atom is -0.375 e. The molecule has 21 heavy (non-hydrogen) atoms. The zero-order valence-corrected chi connectivity index (χ0v) is 14.4. The Hall–Kier alpha value is -1.47. The SMILES string of the molecule is CCc1cnc(C(C)Nc2cc(C)c([N+](=O)[O-])cc2Br)s1. The summed E-state index contributed by atoms with van der Waals surface area (Å²) < 4.78 is 0.680. The molecule has 112 valence electrons. The molecule has 1 aromatic carbocycles. The minimum absolute atomic E-state index is 0.0486. The highest BCUT2D eigenvalue weighted by atomic mass is 79.9. The normalized spacial score (nSPS) is 12.2. The van der Waals surface area contributed by atoms with Crippen molar-refractivity contribution in [2.75, 3.05) is 5.32 Å². The summed E-state index contributed by atoms with van der Waals surface area (Å²) in [6.45, 7) is 5.87. The lowest BCUT2D eigenvalue weighted by atomic mass is 10.1. The van der Waals surface area contributed by atoms with Crippen molar-refractivity contribution in [3.63, 3.8) is 0 Å². The van der Waals surface area contributed by atoms with Gasteiger partial charge >= 0.3 is 0 Å². The van der Waals surface area contributed by atoms with E-state index in [1.165, 1.54) is 10.9 Å². The Labute approximate surface area is 135 Å². The molecule has 0 bridgehead atoms. The number of aryl methyl sites for hydroxylation is 2. The molecular formula is C14H16BrN3O2S. The molecule has 1 atom stereocenters. The standard InChI is InChI=1S/C14H16BrN3O2S/c1-4-10-7-16-14(21-10)9(3)17-12-5-8(2)13(18(19)20)6-11(12)15/h5-7,9,17H,4H2,1-3H3. The molecule has 0 saturated heterocycles. The number of hydrogen-bond acceptors (Lipinski definition) is 5.